The summed E-state index contributed by atoms with van der Waals surface area (Å²) in [5.41, 5.74) is 4.05. The van der Waals surface area contributed by atoms with Crippen LogP contribution in [-0.2, 0) is 0 Å². The summed E-state index contributed by atoms with van der Waals surface area (Å²) in [7, 11) is 0. The van der Waals surface area contributed by atoms with Gasteiger partial charge in [0.05, 0.1) is 0 Å². The van der Waals surface area contributed by atoms with Gasteiger partial charge in [0.25, 0.3) is 0 Å². The van der Waals surface area contributed by atoms with Crippen molar-refractivity contribution in [2.24, 2.45) is 0 Å². The number of pyridine rings is 1. The number of anilines is 1. The molecule has 3 rings (SSSR count). The molecule has 6 heteroatoms. The second-order valence-corrected chi connectivity index (χ2v) is 5.69. The van der Waals surface area contributed by atoms with E-state index in [9.17, 15) is 9.90 Å². The lowest BCUT2D eigenvalue weighted by atomic mass is 10.00. The summed E-state index contributed by atoms with van der Waals surface area (Å²) in [5.74, 6) is -0.567. The Morgan fingerprint density at radius 1 is 1.33 bits per heavy atom. The van der Waals surface area contributed by atoms with Crippen LogP contribution in [0.15, 0.2) is 24.4 Å². The number of rotatable bonds is 3. The SMILES string of the molecule is CC1CCCC(C)N1Nc1nc2ccccn2c1C(=O)O. The highest BCUT2D eigenvalue weighted by Gasteiger charge is 2.27. The molecule has 112 valence electrons. The maximum Gasteiger partial charge on any atom is 0.356 e. The van der Waals surface area contributed by atoms with Crippen LogP contribution in [0, 0.1) is 0 Å². The van der Waals surface area contributed by atoms with Gasteiger partial charge in [-0.05, 0) is 38.8 Å². The van der Waals surface area contributed by atoms with E-state index in [0.29, 0.717) is 23.5 Å². The largest absolute Gasteiger partial charge is 0.476 e. The number of aromatic nitrogens is 2. The molecule has 0 amide bonds. The third-order valence-electron chi connectivity index (χ3n) is 4.16. The highest BCUT2D eigenvalue weighted by Crippen LogP contribution is 2.25. The number of hydrazine groups is 1. The minimum Gasteiger partial charge on any atom is -0.476 e. The van der Waals surface area contributed by atoms with Gasteiger partial charge in [0.2, 0.25) is 0 Å². The molecule has 2 unspecified atom stereocenters. The predicted octanol–water partition coefficient (Wildman–Crippen LogP) is 2.62. The van der Waals surface area contributed by atoms with Gasteiger partial charge in [-0.3, -0.25) is 4.40 Å². The monoisotopic (exact) mass is 288 g/mol. The number of carboxylic acids is 1. The topological polar surface area (TPSA) is 69.9 Å². The molecule has 6 nitrogen and oxygen atoms in total. The van der Waals surface area contributed by atoms with Gasteiger partial charge in [0.15, 0.2) is 11.5 Å². The van der Waals surface area contributed by atoms with Crippen LogP contribution >= 0.6 is 0 Å². The number of imidazole rings is 1. The second-order valence-electron chi connectivity index (χ2n) is 5.69. The first-order valence-electron chi connectivity index (χ1n) is 7.33. The average Bonchev–Trinajstić information content (AvgIpc) is 2.81. The number of hydrogen-bond donors (Lipinski definition) is 2. The molecular formula is C15H20N4O2. The van der Waals surface area contributed by atoms with Gasteiger partial charge < -0.3 is 10.5 Å². The van der Waals surface area contributed by atoms with Gasteiger partial charge in [-0.25, -0.2) is 14.8 Å². The Kier molecular flexibility index (Phi) is 3.55. The Morgan fingerprint density at radius 3 is 2.71 bits per heavy atom. The number of hydrogen-bond acceptors (Lipinski definition) is 4. The van der Waals surface area contributed by atoms with Gasteiger partial charge in [0.1, 0.15) is 5.65 Å². The van der Waals surface area contributed by atoms with E-state index in [2.05, 4.69) is 29.3 Å². The number of carboxylic acid groups (broad SMARTS) is 1. The average molecular weight is 288 g/mol. The van der Waals surface area contributed by atoms with E-state index in [-0.39, 0.29) is 5.69 Å². The number of piperidine rings is 1. The van der Waals surface area contributed by atoms with Crippen molar-refractivity contribution in [2.45, 2.75) is 45.2 Å². The zero-order chi connectivity index (χ0) is 15.0. The molecule has 0 bridgehead atoms. The van der Waals surface area contributed by atoms with Crippen molar-refractivity contribution in [1.82, 2.24) is 14.4 Å². The van der Waals surface area contributed by atoms with E-state index in [1.54, 1.807) is 22.7 Å². The number of nitrogens with zero attached hydrogens (tertiary/aromatic N) is 3. The van der Waals surface area contributed by atoms with Gasteiger partial charge in [-0.15, -0.1) is 0 Å². The molecule has 1 aliphatic heterocycles. The van der Waals surface area contributed by atoms with E-state index in [1.165, 1.54) is 6.42 Å². The van der Waals surface area contributed by atoms with Crippen LogP contribution in [0.5, 0.6) is 0 Å². The molecule has 0 spiro atoms. The Hall–Kier alpha value is -2.08. The first kappa shape index (κ1) is 13.9. The Morgan fingerprint density at radius 2 is 2.05 bits per heavy atom. The summed E-state index contributed by atoms with van der Waals surface area (Å²) in [6.45, 7) is 4.30. The van der Waals surface area contributed by atoms with Crippen molar-refractivity contribution in [1.29, 1.82) is 0 Å². The maximum atomic E-state index is 11.6. The lowest BCUT2D eigenvalue weighted by molar-refractivity contribution is 0.0688. The molecule has 0 aliphatic carbocycles. The van der Waals surface area contributed by atoms with Crippen molar-refractivity contribution in [3.05, 3.63) is 30.1 Å². The van der Waals surface area contributed by atoms with Crippen LogP contribution in [0.4, 0.5) is 5.82 Å². The third kappa shape index (κ3) is 2.47. The molecule has 2 atom stereocenters. The minimum atomic E-state index is -0.978. The van der Waals surface area contributed by atoms with Crippen molar-refractivity contribution in [3.63, 3.8) is 0 Å². The van der Waals surface area contributed by atoms with Crippen molar-refractivity contribution >= 4 is 17.4 Å². The fraction of sp³-hybridized carbons (Fsp3) is 0.467. The Balaban J connectivity index is 2.00. The lowest BCUT2D eigenvalue weighted by Gasteiger charge is -2.38. The molecule has 21 heavy (non-hydrogen) atoms. The van der Waals surface area contributed by atoms with E-state index in [4.69, 9.17) is 0 Å². The van der Waals surface area contributed by atoms with Crippen LogP contribution in [-0.4, -0.2) is 37.6 Å². The molecule has 2 aromatic rings. The highest BCUT2D eigenvalue weighted by molar-refractivity contribution is 5.92. The van der Waals surface area contributed by atoms with Crippen molar-refractivity contribution < 1.29 is 9.90 Å². The predicted molar refractivity (Wildman–Crippen MR) is 80.4 cm³/mol. The standard InChI is InChI=1S/C15H20N4O2/c1-10-6-5-7-11(2)19(10)17-14-13(15(20)21)18-9-4-3-8-12(18)16-14/h3-4,8-11,17H,5-7H2,1-2H3,(H,20,21). The molecule has 1 saturated heterocycles. The fourth-order valence-electron chi connectivity index (χ4n) is 3.04. The maximum absolute atomic E-state index is 11.6. The smallest absolute Gasteiger partial charge is 0.356 e. The van der Waals surface area contributed by atoms with Gasteiger partial charge >= 0.3 is 5.97 Å². The summed E-state index contributed by atoms with van der Waals surface area (Å²) < 4.78 is 1.60. The van der Waals surface area contributed by atoms with Crippen molar-refractivity contribution in [2.75, 3.05) is 5.43 Å². The molecule has 2 N–H and O–H groups in total. The highest BCUT2D eigenvalue weighted by atomic mass is 16.4. The zero-order valence-corrected chi connectivity index (χ0v) is 12.3. The summed E-state index contributed by atoms with van der Waals surface area (Å²) in [6, 6.07) is 6.18. The van der Waals surface area contributed by atoms with Crippen LogP contribution in [0.3, 0.4) is 0 Å². The molecule has 2 aromatic heterocycles. The van der Waals surface area contributed by atoms with Gasteiger partial charge in [-0.2, -0.15) is 0 Å². The number of nitrogens with one attached hydrogen (secondary N) is 1. The summed E-state index contributed by atoms with van der Waals surface area (Å²) >= 11 is 0. The first-order valence-corrected chi connectivity index (χ1v) is 7.33. The lowest BCUT2D eigenvalue weighted by Crippen LogP contribution is -2.47. The molecule has 1 aliphatic rings. The molecule has 1 fully saturated rings. The normalized spacial score (nSPS) is 23.3. The van der Waals surface area contributed by atoms with Crippen LogP contribution in [0.2, 0.25) is 0 Å². The van der Waals surface area contributed by atoms with Crippen LogP contribution in [0.25, 0.3) is 5.65 Å². The van der Waals surface area contributed by atoms with E-state index in [0.717, 1.165) is 12.8 Å². The molecule has 3 heterocycles. The molecule has 0 saturated carbocycles. The van der Waals surface area contributed by atoms with Crippen molar-refractivity contribution in [3.8, 4) is 0 Å². The number of fused-ring (bicyclic) bond motifs is 1. The number of carbonyl (C=O) groups is 1. The summed E-state index contributed by atoms with van der Waals surface area (Å²) in [5, 5.41) is 11.6. The zero-order valence-electron chi connectivity index (χ0n) is 12.3. The quantitative estimate of drug-likeness (QED) is 0.908. The van der Waals surface area contributed by atoms with E-state index < -0.39 is 5.97 Å². The number of aromatic carboxylic acids is 1. The summed E-state index contributed by atoms with van der Waals surface area (Å²) in [6.07, 6.45) is 5.14. The minimum absolute atomic E-state index is 0.176. The Bertz CT molecular complexity index is 657. The van der Waals surface area contributed by atoms with Gasteiger partial charge in [-0.1, -0.05) is 12.5 Å². The van der Waals surface area contributed by atoms with E-state index >= 15 is 0 Å². The fourth-order valence-corrected chi connectivity index (χ4v) is 3.04. The first-order chi connectivity index (χ1) is 10.1. The molecule has 0 aromatic carbocycles. The second kappa shape index (κ2) is 5.37. The third-order valence-corrected chi connectivity index (χ3v) is 4.16. The molecular weight excluding hydrogens is 268 g/mol. The van der Waals surface area contributed by atoms with Crippen LogP contribution in [0.1, 0.15) is 43.6 Å². The molecule has 0 radical (unpaired) electrons. The summed E-state index contributed by atoms with van der Waals surface area (Å²) in [4.78, 5) is 16.0. The van der Waals surface area contributed by atoms with Gasteiger partial charge in [0, 0.05) is 18.3 Å². The van der Waals surface area contributed by atoms with E-state index in [1.807, 2.05) is 6.07 Å². The Labute approximate surface area is 123 Å². The van der Waals surface area contributed by atoms with Crippen LogP contribution < -0.4 is 5.43 Å².